The van der Waals surface area contributed by atoms with Gasteiger partial charge in [-0.25, -0.2) is 5.43 Å². The van der Waals surface area contributed by atoms with E-state index in [-0.39, 0.29) is 5.91 Å². The predicted molar refractivity (Wildman–Crippen MR) is 131 cm³/mol. The highest BCUT2D eigenvalue weighted by Crippen LogP contribution is 2.28. The average Bonchev–Trinajstić information content (AvgIpc) is 2.89. The van der Waals surface area contributed by atoms with Crippen molar-refractivity contribution in [1.29, 1.82) is 0 Å². The molecule has 1 N–H and O–H groups in total. The number of hydrogen-bond acceptors (Lipinski definition) is 4. The van der Waals surface area contributed by atoms with Gasteiger partial charge in [-0.05, 0) is 52.6 Å². The summed E-state index contributed by atoms with van der Waals surface area (Å²) in [5.41, 5.74) is 7.11. The fraction of sp³-hybridized carbons (Fsp3) is 0.0714. The molecule has 0 fully saturated rings. The molecule has 164 valence electrons. The number of carbonyl (C=O) groups is 1. The molecule has 0 aromatic heterocycles. The second-order valence-corrected chi connectivity index (χ2v) is 7.33. The van der Waals surface area contributed by atoms with E-state index in [9.17, 15) is 4.79 Å². The zero-order valence-electron chi connectivity index (χ0n) is 18.3. The standard InChI is InChI=1S/C28H24N2O3/c1-32-27-18-22(12-17-26(27)33-20-21-8-4-2-5-9-21)19-29-30-28(31)25-15-13-24(14-16-25)23-10-6-3-7-11-23/h2-19H,20H2,1H3,(H,30,31)/b29-19+. The number of hydrazone groups is 1. The normalized spacial score (nSPS) is 10.7. The minimum Gasteiger partial charge on any atom is -0.493 e. The van der Waals surface area contributed by atoms with E-state index in [1.165, 1.54) is 0 Å². The van der Waals surface area contributed by atoms with E-state index in [2.05, 4.69) is 10.5 Å². The third-order valence-corrected chi connectivity index (χ3v) is 5.06. The Morgan fingerprint density at radius 3 is 2.18 bits per heavy atom. The van der Waals surface area contributed by atoms with Crippen LogP contribution in [0.3, 0.4) is 0 Å². The Bertz CT molecular complexity index is 1220. The molecular formula is C28H24N2O3. The van der Waals surface area contributed by atoms with Crippen LogP contribution < -0.4 is 14.9 Å². The van der Waals surface area contributed by atoms with Crippen LogP contribution in [0.5, 0.6) is 11.5 Å². The lowest BCUT2D eigenvalue weighted by Gasteiger charge is -2.11. The maximum atomic E-state index is 12.4. The molecule has 0 saturated carbocycles. The highest BCUT2D eigenvalue weighted by molar-refractivity contribution is 5.95. The third kappa shape index (κ3) is 5.86. The fourth-order valence-electron chi connectivity index (χ4n) is 3.29. The maximum absolute atomic E-state index is 12.4. The minimum absolute atomic E-state index is 0.277. The predicted octanol–water partition coefficient (Wildman–Crippen LogP) is 5.71. The van der Waals surface area contributed by atoms with Crippen molar-refractivity contribution in [3.05, 3.63) is 120 Å². The summed E-state index contributed by atoms with van der Waals surface area (Å²) in [6, 6.07) is 32.9. The summed E-state index contributed by atoms with van der Waals surface area (Å²) in [5, 5.41) is 4.08. The van der Waals surface area contributed by atoms with Gasteiger partial charge < -0.3 is 9.47 Å². The summed E-state index contributed by atoms with van der Waals surface area (Å²) in [6.45, 7) is 0.448. The van der Waals surface area contributed by atoms with Crippen LogP contribution in [0.25, 0.3) is 11.1 Å². The van der Waals surface area contributed by atoms with Gasteiger partial charge in [-0.1, -0.05) is 72.8 Å². The number of rotatable bonds is 8. The smallest absolute Gasteiger partial charge is 0.271 e. The van der Waals surface area contributed by atoms with Gasteiger partial charge >= 0.3 is 0 Å². The number of benzene rings is 4. The van der Waals surface area contributed by atoms with Gasteiger partial charge in [0.05, 0.1) is 13.3 Å². The van der Waals surface area contributed by atoms with Crippen LogP contribution >= 0.6 is 0 Å². The zero-order chi connectivity index (χ0) is 22.9. The van der Waals surface area contributed by atoms with Crippen LogP contribution in [-0.4, -0.2) is 19.2 Å². The van der Waals surface area contributed by atoms with Crippen molar-refractivity contribution in [2.45, 2.75) is 6.61 Å². The lowest BCUT2D eigenvalue weighted by atomic mass is 10.0. The Kier molecular flexibility index (Phi) is 7.13. The molecule has 0 aliphatic heterocycles. The lowest BCUT2D eigenvalue weighted by Crippen LogP contribution is -2.17. The molecule has 0 atom stereocenters. The number of amides is 1. The first-order chi connectivity index (χ1) is 16.2. The minimum atomic E-state index is -0.277. The van der Waals surface area contributed by atoms with E-state index in [1.54, 1.807) is 25.5 Å². The van der Waals surface area contributed by atoms with Crippen LogP contribution in [0.4, 0.5) is 0 Å². The van der Waals surface area contributed by atoms with Crippen LogP contribution in [0.15, 0.2) is 108 Å². The van der Waals surface area contributed by atoms with Gasteiger partial charge in [-0.15, -0.1) is 0 Å². The zero-order valence-corrected chi connectivity index (χ0v) is 18.3. The highest BCUT2D eigenvalue weighted by Gasteiger charge is 2.07. The number of carbonyl (C=O) groups excluding carboxylic acids is 1. The molecule has 4 aromatic rings. The first-order valence-corrected chi connectivity index (χ1v) is 10.6. The first-order valence-electron chi connectivity index (χ1n) is 10.6. The van der Waals surface area contributed by atoms with E-state index < -0.39 is 0 Å². The topological polar surface area (TPSA) is 59.9 Å². The molecule has 4 aromatic carbocycles. The molecule has 4 rings (SSSR count). The lowest BCUT2D eigenvalue weighted by molar-refractivity contribution is 0.0955. The van der Waals surface area contributed by atoms with Crippen molar-refractivity contribution < 1.29 is 14.3 Å². The third-order valence-electron chi connectivity index (χ3n) is 5.06. The van der Waals surface area contributed by atoms with Gasteiger partial charge in [0.15, 0.2) is 11.5 Å². The Morgan fingerprint density at radius 2 is 1.48 bits per heavy atom. The van der Waals surface area contributed by atoms with E-state index >= 15 is 0 Å². The van der Waals surface area contributed by atoms with E-state index in [0.29, 0.717) is 23.7 Å². The Balaban J connectivity index is 1.36. The number of hydrogen-bond donors (Lipinski definition) is 1. The van der Waals surface area contributed by atoms with Gasteiger partial charge in [0.25, 0.3) is 5.91 Å². The number of nitrogens with zero attached hydrogens (tertiary/aromatic N) is 1. The van der Waals surface area contributed by atoms with E-state index in [1.807, 2.05) is 91.0 Å². The summed E-state index contributed by atoms with van der Waals surface area (Å²) in [6.07, 6.45) is 1.57. The molecular weight excluding hydrogens is 412 g/mol. The molecule has 0 aliphatic rings. The molecule has 0 spiro atoms. The largest absolute Gasteiger partial charge is 0.493 e. The summed E-state index contributed by atoms with van der Waals surface area (Å²) >= 11 is 0. The van der Waals surface area contributed by atoms with Gasteiger partial charge in [-0.2, -0.15) is 5.10 Å². The second-order valence-electron chi connectivity index (χ2n) is 7.33. The molecule has 0 radical (unpaired) electrons. The average molecular weight is 437 g/mol. The molecule has 33 heavy (non-hydrogen) atoms. The van der Waals surface area contributed by atoms with Crippen molar-refractivity contribution in [1.82, 2.24) is 5.43 Å². The number of nitrogens with one attached hydrogen (secondary N) is 1. The van der Waals surface area contributed by atoms with Crippen LogP contribution in [0.2, 0.25) is 0 Å². The quantitative estimate of drug-likeness (QED) is 0.284. The van der Waals surface area contributed by atoms with Gasteiger partial charge in [0.1, 0.15) is 6.61 Å². The second kappa shape index (κ2) is 10.8. The molecule has 0 heterocycles. The maximum Gasteiger partial charge on any atom is 0.271 e. The van der Waals surface area contributed by atoms with E-state index in [0.717, 1.165) is 22.3 Å². The van der Waals surface area contributed by atoms with Gasteiger partial charge in [-0.3, -0.25) is 4.79 Å². The molecule has 0 unspecified atom stereocenters. The first kappa shape index (κ1) is 21.8. The molecule has 5 nitrogen and oxygen atoms in total. The van der Waals surface area contributed by atoms with E-state index in [4.69, 9.17) is 9.47 Å². The fourth-order valence-corrected chi connectivity index (χ4v) is 3.29. The monoisotopic (exact) mass is 436 g/mol. The van der Waals surface area contributed by atoms with Crippen molar-refractivity contribution >= 4 is 12.1 Å². The molecule has 1 amide bonds. The van der Waals surface area contributed by atoms with Crippen molar-refractivity contribution in [3.63, 3.8) is 0 Å². The number of methoxy groups -OCH3 is 1. The van der Waals surface area contributed by atoms with Gasteiger partial charge in [0, 0.05) is 5.56 Å². The Hall–Kier alpha value is -4.38. The summed E-state index contributed by atoms with van der Waals surface area (Å²) in [5.74, 6) is 0.958. The SMILES string of the molecule is COc1cc(/C=N/NC(=O)c2ccc(-c3ccccc3)cc2)ccc1OCc1ccccc1. The van der Waals surface area contributed by atoms with Crippen LogP contribution in [-0.2, 0) is 6.61 Å². The van der Waals surface area contributed by atoms with Crippen molar-refractivity contribution in [2.75, 3.05) is 7.11 Å². The Morgan fingerprint density at radius 1 is 0.818 bits per heavy atom. The highest BCUT2D eigenvalue weighted by atomic mass is 16.5. The Labute approximate surface area is 193 Å². The summed E-state index contributed by atoms with van der Waals surface area (Å²) < 4.78 is 11.3. The molecule has 0 aliphatic carbocycles. The van der Waals surface area contributed by atoms with Crippen LogP contribution in [0.1, 0.15) is 21.5 Å². The van der Waals surface area contributed by atoms with Crippen molar-refractivity contribution in [3.8, 4) is 22.6 Å². The number of ether oxygens (including phenoxy) is 2. The van der Waals surface area contributed by atoms with Crippen LogP contribution in [0, 0.1) is 0 Å². The van der Waals surface area contributed by atoms with Crippen molar-refractivity contribution in [2.24, 2.45) is 5.10 Å². The molecule has 0 saturated heterocycles. The molecule has 5 heteroatoms. The van der Waals surface area contributed by atoms with Gasteiger partial charge in [0.2, 0.25) is 0 Å². The summed E-state index contributed by atoms with van der Waals surface area (Å²) in [4.78, 5) is 12.4. The molecule has 0 bridgehead atoms. The summed E-state index contributed by atoms with van der Waals surface area (Å²) in [7, 11) is 1.59.